The molecule has 1 saturated heterocycles. The lowest BCUT2D eigenvalue weighted by Gasteiger charge is -2.59. The molecule has 4 aliphatic carbocycles. The van der Waals surface area contributed by atoms with Crippen LogP contribution in [-0.4, -0.2) is 40.8 Å². The molecule has 1 aliphatic heterocycles. The molecule has 2 N–H and O–H groups in total. The van der Waals surface area contributed by atoms with Gasteiger partial charge in [0.2, 0.25) is 0 Å². The molecular formula is C21H30O5. The van der Waals surface area contributed by atoms with E-state index in [1.807, 2.05) is 0 Å². The van der Waals surface area contributed by atoms with Gasteiger partial charge >= 0.3 is 5.97 Å². The van der Waals surface area contributed by atoms with E-state index in [1.54, 1.807) is 0 Å². The van der Waals surface area contributed by atoms with Crippen LogP contribution in [-0.2, 0) is 14.3 Å². The van der Waals surface area contributed by atoms with Gasteiger partial charge in [-0.2, -0.15) is 0 Å². The average molecular weight is 362 g/mol. The van der Waals surface area contributed by atoms with Crippen LogP contribution in [0.4, 0.5) is 0 Å². The van der Waals surface area contributed by atoms with E-state index in [0.717, 1.165) is 38.5 Å². The summed E-state index contributed by atoms with van der Waals surface area (Å²) >= 11 is 0. The first-order chi connectivity index (χ1) is 12.4. The largest absolute Gasteiger partial charge is 0.462 e. The third-order valence-electron chi connectivity index (χ3n) is 9.27. The van der Waals surface area contributed by atoms with Crippen LogP contribution in [0.15, 0.2) is 0 Å². The maximum atomic E-state index is 13.1. The highest BCUT2D eigenvalue weighted by Crippen LogP contribution is 2.70. The van der Waals surface area contributed by atoms with Crippen LogP contribution in [0.1, 0.15) is 58.3 Å². The smallest absolute Gasteiger partial charge is 0.313 e. The van der Waals surface area contributed by atoms with Crippen molar-refractivity contribution in [3.8, 4) is 0 Å². The van der Waals surface area contributed by atoms with Crippen LogP contribution in [0.3, 0.4) is 0 Å². The lowest BCUT2D eigenvalue weighted by molar-refractivity contribution is -0.154. The molecule has 1 spiro atoms. The van der Waals surface area contributed by atoms with Crippen molar-refractivity contribution >= 4 is 11.8 Å². The number of fused-ring (bicyclic) bond motifs is 6. The molecule has 0 unspecified atom stereocenters. The molecule has 5 nitrogen and oxygen atoms in total. The number of hydrogen-bond acceptors (Lipinski definition) is 5. The van der Waals surface area contributed by atoms with Crippen LogP contribution in [0.2, 0.25) is 0 Å². The summed E-state index contributed by atoms with van der Waals surface area (Å²) in [6.07, 6.45) is 6.94. The van der Waals surface area contributed by atoms with E-state index in [1.165, 1.54) is 0 Å². The zero-order chi connectivity index (χ0) is 18.3. The molecule has 4 saturated carbocycles. The van der Waals surface area contributed by atoms with Gasteiger partial charge in [-0.1, -0.05) is 6.92 Å². The summed E-state index contributed by atoms with van der Waals surface area (Å²) in [5.41, 5.74) is -0.536. The molecule has 144 valence electrons. The SMILES string of the molecule is C[C@]12CC[C@H](O)C[C@@H]1CC[C@@H]1[C@@H]2[C@@H]2C[C@]3(C(=O)O2)[C@@H](C(=O)CO)CC[C@@H]13. The Hall–Kier alpha value is -0.940. The standard InChI is InChI=1S/C21H30O5/c1-20-7-6-12(23)8-11(20)2-3-13-14-4-5-15(16(24)10-22)21(14)9-17(18(13)20)26-19(21)25/h11-15,17-18,22-23H,2-10H2,1H3/t11-,12-,13-,14-,15+,17-,18+,20-,21+/m0/s1. The molecule has 5 aliphatic rings. The van der Waals surface area contributed by atoms with Crippen molar-refractivity contribution in [1.29, 1.82) is 0 Å². The van der Waals surface area contributed by atoms with Crippen LogP contribution in [0, 0.1) is 40.4 Å². The molecule has 0 amide bonds. The van der Waals surface area contributed by atoms with E-state index >= 15 is 0 Å². The van der Waals surface area contributed by atoms with E-state index in [0.29, 0.717) is 30.6 Å². The lowest BCUT2D eigenvalue weighted by atomic mass is 9.44. The zero-order valence-corrected chi connectivity index (χ0v) is 15.5. The maximum absolute atomic E-state index is 13.1. The lowest BCUT2D eigenvalue weighted by Crippen LogP contribution is -2.57. The number of Topliss-reactive ketones (excluding diaryl/α,β-unsaturated/α-hetero) is 1. The minimum absolute atomic E-state index is 0.0844. The quantitative estimate of drug-likeness (QED) is 0.735. The molecule has 0 aromatic rings. The van der Waals surface area contributed by atoms with Gasteiger partial charge in [0.15, 0.2) is 5.78 Å². The van der Waals surface area contributed by atoms with Gasteiger partial charge in [-0.3, -0.25) is 9.59 Å². The van der Waals surface area contributed by atoms with E-state index < -0.39 is 12.0 Å². The van der Waals surface area contributed by atoms with Crippen molar-refractivity contribution < 1.29 is 24.5 Å². The summed E-state index contributed by atoms with van der Waals surface area (Å²) < 4.78 is 5.99. The first-order valence-electron chi connectivity index (χ1n) is 10.4. The molecule has 26 heavy (non-hydrogen) atoms. The summed E-state index contributed by atoms with van der Waals surface area (Å²) in [5.74, 6) is 0.843. The Labute approximate surface area is 154 Å². The van der Waals surface area contributed by atoms with Crippen LogP contribution < -0.4 is 0 Å². The normalized spacial score (nSPS) is 54.9. The molecule has 5 fully saturated rings. The van der Waals surface area contributed by atoms with Crippen molar-refractivity contribution in [2.75, 3.05) is 6.61 Å². The number of ketones is 1. The number of rotatable bonds is 2. The first-order valence-corrected chi connectivity index (χ1v) is 10.4. The fourth-order valence-electron chi connectivity index (χ4n) is 8.26. The van der Waals surface area contributed by atoms with Gasteiger partial charge in [0, 0.05) is 18.3 Å². The highest BCUT2D eigenvalue weighted by Gasteiger charge is 2.72. The molecule has 9 atom stereocenters. The summed E-state index contributed by atoms with van der Waals surface area (Å²) in [4.78, 5) is 25.5. The van der Waals surface area contributed by atoms with Gasteiger partial charge in [0.1, 0.15) is 12.7 Å². The summed E-state index contributed by atoms with van der Waals surface area (Å²) in [7, 11) is 0. The number of carbonyl (C=O) groups excluding carboxylic acids is 2. The Morgan fingerprint density at radius 2 is 2.04 bits per heavy atom. The van der Waals surface area contributed by atoms with Gasteiger partial charge in [-0.05, 0) is 68.1 Å². The van der Waals surface area contributed by atoms with Crippen LogP contribution in [0.5, 0.6) is 0 Å². The van der Waals surface area contributed by atoms with Gasteiger partial charge in [-0.15, -0.1) is 0 Å². The van der Waals surface area contributed by atoms with Crippen molar-refractivity contribution in [1.82, 2.24) is 0 Å². The number of aliphatic hydroxyl groups excluding tert-OH is 2. The fourth-order valence-corrected chi connectivity index (χ4v) is 8.26. The Morgan fingerprint density at radius 3 is 2.81 bits per heavy atom. The number of aliphatic hydroxyl groups is 2. The monoisotopic (exact) mass is 362 g/mol. The maximum Gasteiger partial charge on any atom is 0.313 e. The van der Waals surface area contributed by atoms with E-state index in [4.69, 9.17) is 4.74 Å². The van der Waals surface area contributed by atoms with E-state index in [9.17, 15) is 19.8 Å². The molecule has 1 heterocycles. The predicted molar refractivity (Wildman–Crippen MR) is 92.9 cm³/mol. The zero-order valence-electron chi connectivity index (χ0n) is 15.5. The molecule has 0 aromatic carbocycles. The third kappa shape index (κ3) is 1.94. The Kier molecular flexibility index (Phi) is 3.66. The topological polar surface area (TPSA) is 83.8 Å². The van der Waals surface area contributed by atoms with Gasteiger partial charge in [-0.25, -0.2) is 0 Å². The van der Waals surface area contributed by atoms with Gasteiger partial charge < -0.3 is 14.9 Å². The van der Waals surface area contributed by atoms with E-state index in [2.05, 4.69) is 6.92 Å². The van der Waals surface area contributed by atoms with Crippen LogP contribution >= 0.6 is 0 Å². The molecule has 0 aromatic heterocycles. The Bertz CT molecular complexity index is 646. The average Bonchev–Trinajstić information content (AvgIpc) is 3.14. The second-order valence-corrected chi connectivity index (χ2v) is 9.95. The molecule has 2 bridgehead atoms. The van der Waals surface area contributed by atoms with Crippen molar-refractivity contribution in [3.63, 3.8) is 0 Å². The second kappa shape index (κ2) is 5.54. The van der Waals surface area contributed by atoms with Crippen molar-refractivity contribution in [3.05, 3.63) is 0 Å². The summed E-state index contributed by atoms with van der Waals surface area (Å²) in [6, 6.07) is 0. The highest BCUT2D eigenvalue weighted by atomic mass is 16.6. The van der Waals surface area contributed by atoms with E-state index in [-0.39, 0.29) is 41.2 Å². The van der Waals surface area contributed by atoms with Gasteiger partial charge in [0.25, 0.3) is 0 Å². The fraction of sp³-hybridized carbons (Fsp3) is 0.905. The summed E-state index contributed by atoms with van der Waals surface area (Å²) in [6.45, 7) is 1.90. The van der Waals surface area contributed by atoms with Gasteiger partial charge in [0.05, 0.1) is 11.5 Å². The number of hydrogen-bond donors (Lipinski definition) is 2. The molecular weight excluding hydrogens is 332 g/mol. The number of esters is 1. The summed E-state index contributed by atoms with van der Waals surface area (Å²) in [5, 5.41) is 19.6. The Balaban J connectivity index is 1.54. The van der Waals surface area contributed by atoms with Crippen molar-refractivity contribution in [2.45, 2.75) is 70.5 Å². The predicted octanol–water partition coefficient (Wildman–Crippen LogP) is 2.08. The minimum Gasteiger partial charge on any atom is -0.462 e. The molecule has 5 heteroatoms. The third-order valence-corrected chi connectivity index (χ3v) is 9.27. The number of ether oxygens (including phenoxy) is 1. The Morgan fingerprint density at radius 1 is 1.23 bits per heavy atom. The minimum atomic E-state index is -0.664. The molecule has 5 rings (SSSR count). The van der Waals surface area contributed by atoms with Crippen LogP contribution in [0.25, 0.3) is 0 Å². The van der Waals surface area contributed by atoms with Crippen molar-refractivity contribution in [2.24, 2.45) is 40.4 Å². The molecule has 0 radical (unpaired) electrons. The first kappa shape index (κ1) is 17.2. The highest BCUT2D eigenvalue weighted by molar-refractivity contribution is 5.92. The number of carbonyl (C=O) groups is 2. The second-order valence-electron chi connectivity index (χ2n) is 9.95.